The zero-order chi connectivity index (χ0) is 9.31. The molecule has 0 aromatic carbocycles. The molecule has 1 fully saturated rings. The van der Waals surface area contributed by atoms with Gasteiger partial charge in [-0.05, 0) is 25.3 Å². The van der Waals surface area contributed by atoms with E-state index in [1.807, 2.05) is 18.6 Å². The van der Waals surface area contributed by atoms with Crippen LogP contribution in [0.25, 0.3) is 0 Å². The van der Waals surface area contributed by atoms with Crippen molar-refractivity contribution >= 4 is 17.6 Å². The van der Waals surface area contributed by atoms with Gasteiger partial charge in [0.25, 0.3) is 0 Å². The van der Waals surface area contributed by atoms with E-state index in [9.17, 15) is 4.79 Å². The lowest BCUT2D eigenvalue weighted by molar-refractivity contribution is -0.139. The summed E-state index contributed by atoms with van der Waals surface area (Å²) in [6.45, 7) is 0. The fraction of sp³-hybridized carbons (Fsp3) is 0.400. The van der Waals surface area contributed by atoms with E-state index in [1.165, 1.54) is 0 Å². The highest BCUT2D eigenvalue weighted by molar-refractivity contribution is 6.36. The molecule has 3 heteroatoms. The summed E-state index contributed by atoms with van der Waals surface area (Å²) >= 11 is 5.88. The molecule has 0 aromatic heterocycles. The Kier molecular flexibility index (Phi) is 2.16. The van der Waals surface area contributed by atoms with Crippen molar-refractivity contribution in [3.8, 4) is 0 Å². The van der Waals surface area contributed by atoms with E-state index in [-0.39, 0.29) is 5.97 Å². The highest BCUT2D eigenvalue weighted by Crippen LogP contribution is 2.44. The highest BCUT2D eigenvalue weighted by Gasteiger charge is 2.50. The van der Waals surface area contributed by atoms with Crippen LogP contribution in [0.15, 0.2) is 24.0 Å². The molecule has 0 amide bonds. The minimum absolute atomic E-state index is 0.313. The number of carbonyl (C=O) groups excluding carboxylic acids is 1. The van der Waals surface area contributed by atoms with Crippen LogP contribution in [0.3, 0.4) is 0 Å². The molecular formula is C10H10ClO2. The van der Waals surface area contributed by atoms with Crippen LogP contribution >= 0.6 is 11.6 Å². The van der Waals surface area contributed by atoms with Gasteiger partial charge in [-0.15, -0.1) is 11.6 Å². The summed E-state index contributed by atoms with van der Waals surface area (Å²) in [4.78, 5) is 10.6. The molecule has 13 heavy (non-hydrogen) atoms. The van der Waals surface area contributed by atoms with Gasteiger partial charge in [0.1, 0.15) is 10.6 Å². The molecule has 0 aliphatic heterocycles. The molecule has 0 atom stereocenters. The van der Waals surface area contributed by atoms with Crippen LogP contribution in [0.4, 0.5) is 0 Å². The summed E-state index contributed by atoms with van der Waals surface area (Å²) in [7, 11) is 0. The smallest absolute Gasteiger partial charge is 0.332 e. The third-order valence-electron chi connectivity index (χ3n) is 2.12. The topological polar surface area (TPSA) is 26.3 Å². The number of esters is 1. The van der Waals surface area contributed by atoms with E-state index in [2.05, 4.69) is 0 Å². The second-order valence-electron chi connectivity index (χ2n) is 3.29. The summed E-state index contributed by atoms with van der Waals surface area (Å²) in [5.41, 5.74) is 0. The molecule has 69 valence electrons. The quantitative estimate of drug-likeness (QED) is 0.502. The molecule has 2 rings (SSSR count). The average Bonchev–Trinajstić information content (AvgIpc) is 2.87. The molecule has 0 saturated heterocycles. The Labute approximate surface area is 82.2 Å². The van der Waals surface area contributed by atoms with E-state index in [4.69, 9.17) is 16.3 Å². The zero-order valence-electron chi connectivity index (χ0n) is 7.13. The van der Waals surface area contributed by atoms with Crippen molar-refractivity contribution < 1.29 is 9.53 Å². The fourth-order valence-corrected chi connectivity index (χ4v) is 1.21. The van der Waals surface area contributed by atoms with Crippen molar-refractivity contribution in [2.75, 3.05) is 0 Å². The lowest BCUT2D eigenvalue weighted by Gasteiger charge is -2.11. The first kappa shape index (κ1) is 8.82. The molecule has 2 aliphatic carbocycles. The van der Waals surface area contributed by atoms with E-state index in [1.54, 1.807) is 6.08 Å². The Hall–Kier alpha value is -0.760. The molecule has 1 radical (unpaired) electrons. The average molecular weight is 198 g/mol. The molecule has 0 heterocycles. The van der Waals surface area contributed by atoms with Crippen LogP contribution in [0.1, 0.15) is 19.3 Å². The standard InChI is InChI=1S/C10H10ClO2/c11-10(6-7-10)9(12)13-8-4-2-1-3-5-8/h1-2,4-5H,3,6-7H2. The normalized spacial score (nSPS) is 23.6. The van der Waals surface area contributed by atoms with Crippen LogP contribution < -0.4 is 0 Å². The molecule has 0 unspecified atom stereocenters. The molecule has 0 spiro atoms. The van der Waals surface area contributed by atoms with Crippen LogP contribution in [0.2, 0.25) is 0 Å². The first-order valence-corrected chi connectivity index (χ1v) is 4.70. The number of carbonyl (C=O) groups is 1. The summed E-state index contributed by atoms with van der Waals surface area (Å²) in [6, 6.07) is 0. The van der Waals surface area contributed by atoms with Gasteiger partial charge in [0.05, 0.1) is 0 Å². The van der Waals surface area contributed by atoms with Crippen LogP contribution in [-0.4, -0.2) is 10.8 Å². The highest BCUT2D eigenvalue weighted by atomic mass is 35.5. The van der Waals surface area contributed by atoms with Crippen molar-refractivity contribution in [1.82, 2.24) is 0 Å². The number of halogens is 1. The van der Waals surface area contributed by atoms with Gasteiger partial charge in [-0.1, -0.05) is 12.2 Å². The van der Waals surface area contributed by atoms with Gasteiger partial charge in [0.15, 0.2) is 0 Å². The van der Waals surface area contributed by atoms with Gasteiger partial charge in [0, 0.05) is 6.42 Å². The van der Waals surface area contributed by atoms with Crippen molar-refractivity contribution in [3.63, 3.8) is 0 Å². The number of ether oxygens (including phenoxy) is 1. The molecule has 0 bridgehead atoms. The largest absolute Gasteiger partial charge is 0.429 e. The second-order valence-corrected chi connectivity index (χ2v) is 4.02. The number of allylic oxidation sites excluding steroid dienone is 4. The third-order valence-corrected chi connectivity index (χ3v) is 2.65. The first-order chi connectivity index (χ1) is 6.21. The molecule has 2 aliphatic rings. The minimum Gasteiger partial charge on any atom is -0.429 e. The molecule has 1 saturated carbocycles. The van der Waals surface area contributed by atoms with E-state index >= 15 is 0 Å². The predicted molar refractivity (Wildman–Crippen MR) is 50.1 cm³/mol. The maximum Gasteiger partial charge on any atom is 0.332 e. The summed E-state index contributed by atoms with van der Waals surface area (Å²) in [5, 5.41) is 0. The van der Waals surface area contributed by atoms with E-state index in [0.29, 0.717) is 5.76 Å². The van der Waals surface area contributed by atoms with Gasteiger partial charge in [0.2, 0.25) is 0 Å². The molecule has 0 aromatic rings. The molecular weight excluding hydrogens is 188 g/mol. The minimum atomic E-state index is -0.712. The predicted octanol–water partition coefficient (Wildman–Crippen LogP) is 2.35. The zero-order valence-corrected chi connectivity index (χ0v) is 7.88. The van der Waals surface area contributed by atoms with Gasteiger partial charge >= 0.3 is 5.97 Å². The Bertz CT molecular complexity index is 287. The fourth-order valence-electron chi connectivity index (χ4n) is 1.08. The maximum atomic E-state index is 11.4. The lowest BCUT2D eigenvalue weighted by atomic mass is 10.2. The number of hydrogen-bond donors (Lipinski definition) is 0. The summed E-state index contributed by atoms with van der Waals surface area (Å²) in [5.74, 6) is 0.298. The first-order valence-electron chi connectivity index (χ1n) is 4.32. The number of hydrogen-bond acceptors (Lipinski definition) is 2. The van der Waals surface area contributed by atoms with Gasteiger partial charge in [-0.25, -0.2) is 4.79 Å². The van der Waals surface area contributed by atoms with Crippen molar-refractivity contribution in [2.24, 2.45) is 0 Å². The van der Waals surface area contributed by atoms with Gasteiger partial charge < -0.3 is 4.74 Å². The van der Waals surface area contributed by atoms with E-state index in [0.717, 1.165) is 19.3 Å². The van der Waals surface area contributed by atoms with Crippen LogP contribution in [-0.2, 0) is 9.53 Å². The van der Waals surface area contributed by atoms with Gasteiger partial charge in [-0.3, -0.25) is 0 Å². The summed E-state index contributed by atoms with van der Waals surface area (Å²) < 4.78 is 5.10. The number of rotatable bonds is 2. The lowest BCUT2D eigenvalue weighted by Crippen LogP contribution is -2.19. The van der Waals surface area contributed by atoms with Crippen molar-refractivity contribution in [1.29, 1.82) is 0 Å². The Morgan fingerprint density at radius 3 is 2.85 bits per heavy atom. The molecule has 0 N–H and O–H groups in total. The van der Waals surface area contributed by atoms with Gasteiger partial charge in [-0.2, -0.15) is 0 Å². The maximum absolute atomic E-state index is 11.4. The molecule has 2 nitrogen and oxygen atoms in total. The van der Waals surface area contributed by atoms with E-state index < -0.39 is 4.87 Å². The SMILES string of the molecule is O=C(OC1=CC=CC[CH]1)C1(Cl)CC1. The summed E-state index contributed by atoms with van der Waals surface area (Å²) in [6.07, 6.45) is 9.77. The van der Waals surface area contributed by atoms with Crippen molar-refractivity contribution in [3.05, 3.63) is 30.4 Å². The Morgan fingerprint density at radius 2 is 2.31 bits per heavy atom. The van der Waals surface area contributed by atoms with Crippen molar-refractivity contribution in [2.45, 2.75) is 24.1 Å². The second kappa shape index (κ2) is 3.18. The number of alkyl halides is 1. The monoisotopic (exact) mass is 197 g/mol. The Balaban J connectivity index is 1.94. The van der Waals surface area contributed by atoms with Crippen LogP contribution in [0, 0.1) is 6.42 Å². The Morgan fingerprint density at radius 1 is 1.54 bits per heavy atom. The third kappa shape index (κ3) is 1.94. The van der Waals surface area contributed by atoms with Crippen LogP contribution in [0.5, 0.6) is 0 Å².